The van der Waals surface area contributed by atoms with Crippen LogP contribution in [0.2, 0.25) is 0 Å². The Labute approximate surface area is 63.5 Å². The van der Waals surface area contributed by atoms with Gasteiger partial charge in [-0.15, -0.1) is 6.58 Å². The molecule has 0 saturated heterocycles. The molecule has 1 heteroatoms. The molecule has 0 aromatic heterocycles. The van der Waals surface area contributed by atoms with E-state index in [-0.39, 0.29) is 0 Å². The third kappa shape index (κ3) is 1.84. The molecule has 0 amide bonds. The molecule has 0 bridgehead atoms. The van der Waals surface area contributed by atoms with Crippen molar-refractivity contribution in [3.63, 3.8) is 0 Å². The average Bonchev–Trinajstić information content (AvgIpc) is 2.31. The van der Waals surface area contributed by atoms with Crippen molar-refractivity contribution in [2.45, 2.75) is 32.2 Å². The molecule has 1 saturated carbocycles. The van der Waals surface area contributed by atoms with Crippen molar-refractivity contribution in [1.82, 2.24) is 5.32 Å². The van der Waals surface area contributed by atoms with E-state index in [9.17, 15) is 0 Å². The van der Waals surface area contributed by atoms with Gasteiger partial charge >= 0.3 is 0 Å². The molecule has 1 N–H and O–H groups in total. The van der Waals surface area contributed by atoms with E-state index in [0.717, 1.165) is 18.5 Å². The molecule has 1 nitrogen and oxygen atoms in total. The summed E-state index contributed by atoms with van der Waals surface area (Å²) in [7, 11) is 0. The van der Waals surface area contributed by atoms with Crippen molar-refractivity contribution in [1.29, 1.82) is 0 Å². The molecular formula is C9H17N. The molecule has 58 valence electrons. The van der Waals surface area contributed by atoms with Crippen LogP contribution in [-0.4, -0.2) is 12.6 Å². The summed E-state index contributed by atoms with van der Waals surface area (Å²) in [6.45, 7) is 6.98. The maximum Gasteiger partial charge on any atom is 0.0134 e. The van der Waals surface area contributed by atoms with E-state index >= 15 is 0 Å². The third-order valence-corrected chi connectivity index (χ3v) is 2.39. The first-order chi connectivity index (χ1) is 4.84. The molecule has 1 fully saturated rings. The predicted octanol–water partition coefficient (Wildman–Crippen LogP) is 1.95. The van der Waals surface area contributed by atoms with Gasteiger partial charge in [0.2, 0.25) is 0 Å². The van der Waals surface area contributed by atoms with E-state index in [1.54, 1.807) is 0 Å². The Balaban J connectivity index is 2.19. The lowest BCUT2D eigenvalue weighted by molar-refractivity contribution is 0.445. The molecule has 1 rings (SSSR count). The van der Waals surface area contributed by atoms with Crippen LogP contribution >= 0.6 is 0 Å². The summed E-state index contributed by atoms with van der Waals surface area (Å²) in [5, 5.41) is 3.46. The van der Waals surface area contributed by atoms with Gasteiger partial charge < -0.3 is 5.32 Å². The van der Waals surface area contributed by atoms with Crippen LogP contribution < -0.4 is 5.32 Å². The minimum absolute atomic E-state index is 0.762. The molecule has 10 heavy (non-hydrogen) atoms. The molecule has 0 aliphatic heterocycles. The van der Waals surface area contributed by atoms with Gasteiger partial charge in [0.05, 0.1) is 0 Å². The number of hydrogen-bond acceptors (Lipinski definition) is 1. The lowest BCUT2D eigenvalue weighted by atomic mass is 10.1. The summed E-state index contributed by atoms with van der Waals surface area (Å²) in [4.78, 5) is 0. The van der Waals surface area contributed by atoms with Gasteiger partial charge in [0, 0.05) is 12.6 Å². The largest absolute Gasteiger partial charge is 0.310 e. The van der Waals surface area contributed by atoms with Crippen LogP contribution in [-0.2, 0) is 0 Å². The van der Waals surface area contributed by atoms with Crippen molar-refractivity contribution in [3.8, 4) is 0 Å². The Kier molecular flexibility index (Phi) is 2.94. The second-order valence-corrected chi connectivity index (χ2v) is 3.21. The first-order valence-electron chi connectivity index (χ1n) is 4.19. The Morgan fingerprint density at radius 2 is 2.40 bits per heavy atom. The summed E-state index contributed by atoms with van der Waals surface area (Å²) in [6.07, 6.45) is 6.09. The van der Waals surface area contributed by atoms with Gasteiger partial charge in [-0.1, -0.05) is 19.4 Å². The monoisotopic (exact) mass is 139 g/mol. The fourth-order valence-electron chi connectivity index (χ4n) is 1.68. The topological polar surface area (TPSA) is 12.0 Å². The van der Waals surface area contributed by atoms with E-state index in [0.29, 0.717) is 0 Å². The first-order valence-corrected chi connectivity index (χ1v) is 4.19. The molecule has 0 unspecified atom stereocenters. The van der Waals surface area contributed by atoms with Crippen LogP contribution in [0, 0.1) is 5.92 Å². The van der Waals surface area contributed by atoms with Crippen molar-refractivity contribution in [3.05, 3.63) is 12.7 Å². The molecule has 0 radical (unpaired) electrons. The van der Waals surface area contributed by atoms with Gasteiger partial charge in [0.1, 0.15) is 0 Å². The van der Waals surface area contributed by atoms with Crippen molar-refractivity contribution in [2.75, 3.05) is 6.54 Å². The minimum atomic E-state index is 0.762. The smallest absolute Gasteiger partial charge is 0.0134 e. The lowest BCUT2D eigenvalue weighted by Gasteiger charge is -2.15. The van der Waals surface area contributed by atoms with Crippen LogP contribution in [0.5, 0.6) is 0 Å². The summed E-state index contributed by atoms with van der Waals surface area (Å²) in [5.41, 5.74) is 0. The Morgan fingerprint density at radius 1 is 1.60 bits per heavy atom. The lowest BCUT2D eigenvalue weighted by Crippen LogP contribution is -2.30. The van der Waals surface area contributed by atoms with Crippen molar-refractivity contribution >= 4 is 0 Å². The van der Waals surface area contributed by atoms with Gasteiger partial charge in [-0.25, -0.2) is 0 Å². The second-order valence-electron chi connectivity index (χ2n) is 3.21. The molecule has 0 heterocycles. The highest BCUT2D eigenvalue weighted by atomic mass is 14.9. The minimum Gasteiger partial charge on any atom is -0.310 e. The van der Waals surface area contributed by atoms with Gasteiger partial charge in [-0.3, -0.25) is 0 Å². The molecular weight excluding hydrogens is 122 g/mol. The van der Waals surface area contributed by atoms with E-state index in [1.165, 1.54) is 19.3 Å². The zero-order chi connectivity index (χ0) is 7.40. The Bertz CT molecular complexity index is 109. The van der Waals surface area contributed by atoms with Crippen LogP contribution in [0.1, 0.15) is 26.2 Å². The maximum absolute atomic E-state index is 3.68. The standard InChI is InChI=1S/C9H17N/c1-3-7-10-9-6-4-5-8(9)2/h3,8-10H,1,4-7H2,2H3/t8-,9+/m0/s1. The number of hydrogen-bond donors (Lipinski definition) is 1. The molecule has 2 atom stereocenters. The quantitative estimate of drug-likeness (QED) is 0.589. The van der Waals surface area contributed by atoms with Crippen LogP contribution in [0.4, 0.5) is 0 Å². The normalized spacial score (nSPS) is 32.5. The Morgan fingerprint density at radius 3 is 2.90 bits per heavy atom. The van der Waals surface area contributed by atoms with E-state index in [2.05, 4.69) is 18.8 Å². The van der Waals surface area contributed by atoms with Gasteiger partial charge in [0.15, 0.2) is 0 Å². The maximum atomic E-state index is 3.68. The number of nitrogens with one attached hydrogen (secondary N) is 1. The molecule has 0 spiro atoms. The van der Waals surface area contributed by atoms with E-state index in [1.807, 2.05) is 6.08 Å². The molecule has 1 aliphatic carbocycles. The summed E-state index contributed by atoms with van der Waals surface area (Å²) < 4.78 is 0. The fraction of sp³-hybridized carbons (Fsp3) is 0.778. The van der Waals surface area contributed by atoms with Crippen LogP contribution in [0.25, 0.3) is 0 Å². The Hall–Kier alpha value is -0.300. The van der Waals surface area contributed by atoms with Gasteiger partial charge in [0.25, 0.3) is 0 Å². The number of rotatable bonds is 3. The highest BCUT2D eigenvalue weighted by Crippen LogP contribution is 2.24. The van der Waals surface area contributed by atoms with Crippen LogP contribution in [0.3, 0.4) is 0 Å². The molecule has 1 aliphatic rings. The van der Waals surface area contributed by atoms with Crippen LogP contribution in [0.15, 0.2) is 12.7 Å². The highest BCUT2D eigenvalue weighted by molar-refractivity contribution is 4.82. The summed E-state index contributed by atoms with van der Waals surface area (Å²) >= 11 is 0. The van der Waals surface area contributed by atoms with E-state index in [4.69, 9.17) is 0 Å². The highest BCUT2D eigenvalue weighted by Gasteiger charge is 2.21. The van der Waals surface area contributed by atoms with Gasteiger partial charge in [-0.2, -0.15) is 0 Å². The second kappa shape index (κ2) is 3.77. The summed E-state index contributed by atoms with van der Waals surface area (Å²) in [5.74, 6) is 0.875. The molecule has 0 aromatic rings. The van der Waals surface area contributed by atoms with Crippen molar-refractivity contribution in [2.24, 2.45) is 5.92 Å². The van der Waals surface area contributed by atoms with E-state index < -0.39 is 0 Å². The zero-order valence-electron chi connectivity index (χ0n) is 6.77. The summed E-state index contributed by atoms with van der Waals surface area (Å²) in [6, 6.07) is 0.762. The third-order valence-electron chi connectivity index (χ3n) is 2.39. The van der Waals surface area contributed by atoms with Crippen molar-refractivity contribution < 1.29 is 0 Å². The molecule has 0 aromatic carbocycles. The SMILES string of the molecule is C=CCN[C@@H]1CCC[C@@H]1C. The predicted molar refractivity (Wildman–Crippen MR) is 45.0 cm³/mol. The van der Waals surface area contributed by atoms with Gasteiger partial charge in [-0.05, 0) is 18.8 Å². The zero-order valence-corrected chi connectivity index (χ0v) is 6.77. The average molecular weight is 139 g/mol. The first kappa shape index (κ1) is 7.80. The fourth-order valence-corrected chi connectivity index (χ4v) is 1.68.